The van der Waals surface area contributed by atoms with Crippen LogP contribution in [-0.2, 0) is 17.8 Å². The maximum absolute atomic E-state index is 13.0. The molecule has 0 spiro atoms. The first kappa shape index (κ1) is 20.3. The molecule has 0 atom stereocenters. The molecule has 0 fully saturated rings. The van der Waals surface area contributed by atoms with Gasteiger partial charge in [-0.15, -0.1) is 0 Å². The number of amides is 1. The Morgan fingerprint density at radius 3 is 2.48 bits per heavy atom. The Balaban J connectivity index is 1.65. The van der Waals surface area contributed by atoms with Crippen molar-refractivity contribution in [1.29, 1.82) is 0 Å². The predicted molar refractivity (Wildman–Crippen MR) is 119 cm³/mol. The molecule has 2 aromatic heterocycles. The molecule has 7 heteroatoms. The molecule has 2 aromatic carbocycles. The van der Waals surface area contributed by atoms with E-state index in [2.05, 4.69) is 15.4 Å². The maximum atomic E-state index is 13.0. The van der Waals surface area contributed by atoms with Gasteiger partial charge in [-0.2, -0.15) is 5.10 Å². The Kier molecular flexibility index (Phi) is 6.03. The van der Waals surface area contributed by atoms with Crippen molar-refractivity contribution in [3.05, 3.63) is 94.7 Å². The molecular weight excluding hydrogens is 392 g/mol. The summed E-state index contributed by atoms with van der Waals surface area (Å²) in [6.45, 7) is 2.16. The third kappa shape index (κ3) is 4.61. The highest BCUT2D eigenvalue weighted by Gasteiger charge is 2.14. The van der Waals surface area contributed by atoms with Crippen LogP contribution in [0, 0.1) is 0 Å². The second-order valence-corrected chi connectivity index (χ2v) is 6.96. The van der Waals surface area contributed by atoms with Crippen molar-refractivity contribution in [2.45, 2.75) is 19.9 Å². The van der Waals surface area contributed by atoms with Crippen LogP contribution in [0.4, 0.5) is 5.69 Å². The summed E-state index contributed by atoms with van der Waals surface area (Å²) < 4.78 is 6.77. The van der Waals surface area contributed by atoms with Crippen molar-refractivity contribution in [2.75, 3.05) is 11.9 Å². The number of aromatic nitrogens is 3. The summed E-state index contributed by atoms with van der Waals surface area (Å²) in [7, 11) is 0. The van der Waals surface area contributed by atoms with Crippen LogP contribution >= 0.6 is 0 Å². The molecule has 1 N–H and O–H groups in total. The van der Waals surface area contributed by atoms with E-state index in [1.54, 1.807) is 30.6 Å². The standard InChI is InChI=1S/C24H22N4O3/c1-2-31-22-10-6-5-9-20(22)26-23(29)16-28-24(30)19-8-4-3-7-18(19)21(27-28)15-17-11-13-25-14-12-17/h3-14H,2,15-16H2,1H3,(H,26,29). The van der Waals surface area contributed by atoms with Gasteiger partial charge >= 0.3 is 0 Å². The van der Waals surface area contributed by atoms with E-state index in [-0.39, 0.29) is 18.0 Å². The lowest BCUT2D eigenvalue weighted by Crippen LogP contribution is -2.30. The van der Waals surface area contributed by atoms with Crippen LogP contribution in [0.25, 0.3) is 10.8 Å². The molecule has 0 bridgehead atoms. The average Bonchev–Trinajstić information content (AvgIpc) is 2.79. The molecule has 0 unspecified atom stereocenters. The molecule has 156 valence electrons. The zero-order valence-electron chi connectivity index (χ0n) is 17.1. The van der Waals surface area contributed by atoms with E-state index in [1.165, 1.54) is 4.68 Å². The number of carbonyl (C=O) groups is 1. The van der Waals surface area contributed by atoms with Gasteiger partial charge in [-0.3, -0.25) is 14.6 Å². The van der Waals surface area contributed by atoms with Gasteiger partial charge in [0, 0.05) is 24.2 Å². The number of hydrogen-bond donors (Lipinski definition) is 1. The highest BCUT2D eigenvalue weighted by Crippen LogP contribution is 2.23. The molecule has 2 heterocycles. The van der Waals surface area contributed by atoms with Crippen molar-refractivity contribution in [3.8, 4) is 5.75 Å². The molecule has 7 nitrogen and oxygen atoms in total. The van der Waals surface area contributed by atoms with Gasteiger partial charge in [0.2, 0.25) is 5.91 Å². The Hall–Kier alpha value is -4.00. The summed E-state index contributed by atoms with van der Waals surface area (Å²) in [5.74, 6) is 0.224. The van der Waals surface area contributed by atoms with E-state index in [4.69, 9.17) is 4.74 Å². The van der Waals surface area contributed by atoms with Crippen molar-refractivity contribution < 1.29 is 9.53 Å². The fraction of sp³-hybridized carbons (Fsp3) is 0.167. The second kappa shape index (κ2) is 9.21. The quantitative estimate of drug-likeness (QED) is 0.501. The van der Waals surface area contributed by atoms with E-state index in [1.807, 2.05) is 49.4 Å². The molecule has 0 aliphatic rings. The fourth-order valence-corrected chi connectivity index (χ4v) is 3.41. The van der Waals surface area contributed by atoms with Gasteiger partial charge in [-0.1, -0.05) is 30.3 Å². The maximum Gasteiger partial charge on any atom is 0.275 e. The number of pyridine rings is 1. The lowest BCUT2D eigenvalue weighted by Gasteiger charge is -2.13. The van der Waals surface area contributed by atoms with Gasteiger partial charge in [0.25, 0.3) is 5.56 Å². The number of benzene rings is 2. The summed E-state index contributed by atoms with van der Waals surface area (Å²) in [6, 6.07) is 18.3. The largest absolute Gasteiger partial charge is 0.492 e. The van der Waals surface area contributed by atoms with Crippen LogP contribution in [0.1, 0.15) is 18.2 Å². The van der Waals surface area contributed by atoms with Gasteiger partial charge in [-0.05, 0) is 42.8 Å². The minimum absolute atomic E-state index is 0.201. The van der Waals surface area contributed by atoms with Crippen LogP contribution < -0.4 is 15.6 Å². The number of rotatable bonds is 7. The third-order valence-electron chi connectivity index (χ3n) is 4.82. The summed E-state index contributed by atoms with van der Waals surface area (Å²) in [4.78, 5) is 29.7. The van der Waals surface area contributed by atoms with E-state index in [0.717, 1.165) is 16.6 Å². The third-order valence-corrected chi connectivity index (χ3v) is 4.82. The van der Waals surface area contributed by atoms with E-state index < -0.39 is 0 Å². The van der Waals surface area contributed by atoms with Gasteiger partial charge in [0.1, 0.15) is 12.3 Å². The summed E-state index contributed by atoms with van der Waals surface area (Å²) in [6.07, 6.45) is 3.96. The van der Waals surface area contributed by atoms with Gasteiger partial charge < -0.3 is 10.1 Å². The van der Waals surface area contributed by atoms with Crippen molar-refractivity contribution in [2.24, 2.45) is 0 Å². The van der Waals surface area contributed by atoms with Gasteiger partial charge in [0.05, 0.1) is 23.4 Å². The van der Waals surface area contributed by atoms with Gasteiger partial charge in [0.15, 0.2) is 0 Å². The first-order valence-corrected chi connectivity index (χ1v) is 10.0. The molecule has 0 aliphatic heterocycles. The normalized spacial score (nSPS) is 10.7. The van der Waals surface area contributed by atoms with Crippen LogP contribution in [0.3, 0.4) is 0 Å². The fourth-order valence-electron chi connectivity index (χ4n) is 3.41. The Morgan fingerprint density at radius 2 is 1.71 bits per heavy atom. The topological polar surface area (TPSA) is 86.1 Å². The summed E-state index contributed by atoms with van der Waals surface area (Å²) in [5, 5.41) is 8.66. The first-order valence-electron chi connectivity index (χ1n) is 10.0. The van der Waals surface area contributed by atoms with Crippen molar-refractivity contribution >= 4 is 22.4 Å². The molecule has 0 saturated carbocycles. The van der Waals surface area contributed by atoms with Crippen LogP contribution in [-0.4, -0.2) is 27.3 Å². The number of carbonyl (C=O) groups excluding carboxylic acids is 1. The molecule has 1 amide bonds. The number of ether oxygens (including phenoxy) is 1. The number of fused-ring (bicyclic) bond motifs is 1. The van der Waals surface area contributed by atoms with Crippen molar-refractivity contribution in [3.63, 3.8) is 0 Å². The molecule has 0 aliphatic carbocycles. The number of nitrogens with one attached hydrogen (secondary N) is 1. The zero-order valence-corrected chi connectivity index (χ0v) is 17.1. The number of para-hydroxylation sites is 2. The van der Waals surface area contributed by atoms with Crippen LogP contribution in [0.2, 0.25) is 0 Å². The number of hydrogen-bond acceptors (Lipinski definition) is 5. The average molecular weight is 414 g/mol. The SMILES string of the molecule is CCOc1ccccc1NC(=O)Cn1nc(Cc2ccncc2)c2ccccc2c1=O. The summed E-state index contributed by atoms with van der Waals surface area (Å²) in [5.41, 5.74) is 2.00. The van der Waals surface area contributed by atoms with E-state index in [9.17, 15) is 9.59 Å². The molecule has 4 rings (SSSR count). The monoisotopic (exact) mass is 414 g/mol. The van der Waals surface area contributed by atoms with E-state index in [0.29, 0.717) is 29.9 Å². The first-order chi connectivity index (χ1) is 15.2. The summed E-state index contributed by atoms with van der Waals surface area (Å²) >= 11 is 0. The van der Waals surface area contributed by atoms with Crippen molar-refractivity contribution in [1.82, 2.24) is 14.8 Å². The molecule has 31 heavy (non-hydrogen) atoms. The lowest BCUT2D eigenvalue weighted by molar-refractivity contribution is -0.117. The predicted octanol–water partition coefficient (Wildman–Crippen LogP) is 3.42. The minimum atomic E-state index is -0.355. The Labute approximate surface area is 179 Å². The van der Waals surface area contributed by atoms with Crippen LogP contribution in [0.15, 0.2) is 77.9 Å². The molecule has 0 saturated heterocycles. The highest BCUT2D eigenvalue weighted by molar-refractivity contribution is 5.92. The minimum Gasteiger partial charge on any atom is -0.492 e. The Morgan fingerprint density at radius 1 is 1.00 bits per heavy atom. The number of nitrogens with zero attached hydrogens (tertiary/aromatic N) is 3. The Bertz CT molecular complexity index is 1270. The molecule has 4 aromatic rings. The lowest BCUT2D eigenvalue weighted by atomic mass is 10.1. The molecular formula is C24H22N4O3. The van der Waals surface area contributed by atoms with Crippen LogP contribution in [0.5, 0.6) is 5.75 Å². The highest BCUT2D eigenvalue weighted by atomic mass is 16.5. The smallest absolute Gasteiger partial charge is 0.275 e. The molecule has 0 radical (unpaired) electrons. The number of anilines is 1. The zero-order chi connectivity index (χ0) is 21.6. The van der Waals surface area contributed by atoms with E-state index >= 15 is 0 Å². The second-order valence-electron chi connectivity index (χ2n) is 6.96. The van der Waals surface area contributed by atoms with Gasteiger partial charge in [-0.25, -0.2) is 4.68 Å².